The van der Waals surface area contributed by atoms with Crippen LogP contribution in [0, 0.1) is 0 Å². The lowest BCUT2D eigenvalue weighted by atomic mass is 9.76. The topological polar surface area (TPSA) is 50.9 Å². The normalized spacial score (nSPS) is 16.9. The molecule has 1 aliphatic heterocycles. The number of nitrogens with two attached hydrogens (primary N) is 1. The third kappa shape index (κ3) is 5.21. The lowest BCUT2D eigenvalue weighted by molar-refractivity contribution is 0.332. The van der Waals surface area contributed by atoms with E-state index in [2.05, 4.69) is 95.2 Å². The first-order valence-electron chi connectivity index (χ1n) is 12.4. The Labute approximate surface area is 203 Å². The number of nitrogen functional groups attached to an aromatic ring is 1. The quantitative estimate of drug-likeness (QED) is 0.328. The highest BCUT2D eigenvalue weighted by atomic mass is 14.9. The smallest absolute Gasteiger partial charge is 0.124 e. The van der Waals surface area contributed by atoms with E-state index in [0.717, 1.165) is 24.2 Å². The summed E-state index contributed by atoms with van der Waals surface area (Å²) in [5, 5.41) is 3.85. The van der Waals surface area contributed by atoms with Gasteiger partial charge in [-0.1, -0.05) is 97.4 Å². The van der Waals surface area contributed by atoms with E-state index in [0.29, 0.717) is 23.7 Å². The van der Waals surface area contributed by atoms with Gasteiger partial charge in [-0.3, -0.25) is 0 Å². The summed E-state index contributed by atoms with van der Waals surface area (Å²) < 4.78 is 0. The predicted octanol–water partition coefficient (Wildman–Crippen LogP) is 6.78. The number of nitrogens with one attached hydrogen (secondary N) is 1. The first-order valence-corrected chi connectivity index (χ1v) is 12.4. The van der Waals surface area contributed by atoms with E-state index in [1.807, 2.05) is 18.2 Å². The molecule has 4 aromatic rings. The first kappa shape index (κ1) is 22.4. The van der Waals surface area contributed by atoms with Gasteiger partial charge < -0.3 is 11.1 Å². The summed E-state index contributed by atoms with van der Waals surface area (Å²) in [7, 11) is 0. The second-order valence-corrected chi connectivity index (χ2v) is 9.34. The maximum atomic E-state index is 5.92. The van der Waals surface area contributed by atoms with Gasteiger partial charge in [0.25, 0.3) is 0 Å². The molecule has 0 saturated carbocycles. The second kappa shape index (κ2) is 10.7. The Bertz CT molecular complexity index is 1130. The van der Waals surface area contributed by atoms with Crippen molar-refractivity contribution in [2.45, 2.75) is 43.6 Å². The molecule has 2 unspecified atom stereocenters. The zero-order valence-electron chi connectivity index (χ0n) is 19.6. The van der Waals surface area contributed by atoms with E-state index in [1.165, 1.54) is 36.0 Å². The second-order valence-electron chi connectivity index (χ2n) is 9.34. The van der Waals surface area contributed by atoms with E-state index in [1.54, 1.807) is 0 Å². The Kier molecular flexibility index (Phi) is 7.02. The maximum Gasteiger partial charge on any atom is 0.124 e. The van der Waals surface area contributed by atoms with E-state index in [9.17, 15) is 0 Å². The van der Waals surface area contributed by atoms with Crippen molar-refractivity contribution in [3.63, 3.8) is 0 Å². The molecule has 2 atom stereocenters. The molecule has 0 radical (unpaired) electrons. The van der Waals surface area contributed by atoms with Gasteiger partial charge in [-0.15, -0.1) is 0 Å². The fourth-order valence-corrected chi connectivity index (χ4v) is 5.36. The molecule has 3 N–H and O–H groups in total. The van der Waals surface area contributed by atoms with Crippen LogP contribution in [-0.4, -0.2) is 17.6 Å². The van der Waals surface area contributed by atoms with Crippen LogP contribution in [0.5, 0.6) is 0 Å². The van der Waals surface area contributed by atoms with E-state index >= 15 is 0 Å². The number of hydrogen-bond acceptors (Lipinski definition) is 3. The maximum absolute atomic E-state index is 5.92. The average Bonchev–Trinajstić information content (AvgIpc) is 2.91. The molecular weight excluding hydrogens is 414 g/mol. The van der Waals surface area contributed by atoms with Crippen LogP contribution in [0.1, 0.15) is 54.2 Å². The number of pyridine rings is 1. The number of anilines is 1. The van der Waals surface area contributed by atoms with Crippen molar-refractivity contribution in [3.05, 3.63) is 120 Å². The molecule has 0 amide bonds. The summed E-state index contributed by atoms with van der Waals surface area (Å²) in [5.41, 5.74) is 12.1. The Morgan fingerprint density at radius 1 is 0.735 bits per heavy atom. The first-order chi connectivity index (χ1) is 16.8. The number of hydrogen-bond donors (Lipinski definition) is 2. The van der Waals surface area contributed by atoms with E-state index in [-0.39, 0.29) is 0 Å². The molecule has 34 heavy (non-hydrogen) atoms. The van der Waals surface area contributed by atoms with Crippen molar-refractivity contribution in [1.29, 1.82) is 0 Å². The van der Waals surface area contributed by atoms with Gasteiger partial charge in [0, 0.05) is 23.4 Å². The molecule has 3 aromatic carbocycles. The van der Waals surface area contributed by atoms with Crippen molar-refractivity contribution in [1.82, 2.24) is 10.3 Å². The average molecular weight is 448 g/mol. The fourth-order valence-electron chi connectivity index (χ4n) is 5.36. The highest BCUT2D eigenvalue weighted by molar-refractivity contribution is 5.61. The van der Waals surface area contributed by atoms with Gasteiger partial charge in [0.1, 0.15) is 5.82 Å². The monoisotopic (exact) mass is 447 g/mol. The third-order valence-corrected chi connectivity index (χ3v) is 7.13. The number of piperidine rings is 1. The minimum Gasteiger partial charge on any atom is -0.384 e. The zero-order valence-corrected chi connectivity index (χ0v) is 19.6. The Morgan fingerprint density at radius 3 is 2.00 bits per heavy atom. The molecular formula is C31H33N3. The Balaban J connectivity index is 1.49. The van der Waals surface area contributed by atoms with E-state index in [4.69, 9.17) is 5.73 Å². The highest BCUT2D eigenvalue weighted by Gasteiger charge is 2.29. The number of benzene rings is 3. The molecule has 1 aromatic heterocycles. The van der Waals surface area contributed by atoms with Crippen LogP contribution < -0.4 is 11.1 Å². The summed E-state index contributed by atoms with van der Waals surface area (Å²) in [6.07, 6.45) is 4.85. The summed E-state index contributed by atoms with van der Waals surface area (Å²) >= 11 is 0. The van der Waals surface area contributed by atoms with Crippen molar-refractivity contribution in [3.8, 4) is 11.3 Å². The molecule has 172 valence electrons. The van der Waals surface area contributed by atoms with Crippen molar-refractivity contribution in [2.24, 2.45) is 0 Å². The van der Waals surface area contributed by atoms with Gasteiger partial charge in [-0.05, 0) is 54.6 Å². The molecule has 0 spiro atoms. The van der Waals surface area contributed by atoms with Crippen LogP contribution in [0.25, 0.3) is 11.3 Å². The largest absolute Gasteiger partial charge is 0.384 e. The zero-order chi connectivity index (χ0) is 23.2. The van der Waals surface area contributed by atoms with Gasteiger partial charge in [-0.2, -0.15) is 0 Å². The lowest BCUT2D eigenvalue weighted by Crippen LogP contribution is -2.39. The molecule has 0 aliphatic carbocycles. The molecule has 1 saturated heterocycles. The number of aromatic nitrogens is 1. The standard InChI is InChI=1S/C31H33N3/c32-31-16-9-15-29(34-31)26-19-17-25(18-20-26)28(30-14-7-8-21-33-30)22-27(23-10-3-1-4-11-23)24-12-5-2-6-13-24/h1-6,9-13,15-20,27-28,30,33H,7-8,14,21-22H2,(H2,32,34). The lowest BCUT2D eigenvalue weighted by Gasteiger charge is -2.34. The molecule has 1 fully saturated rings. The minimum absolute atomic E-state index is 0.353. The molecule has 3 heteroatoms. The van der Waals surface area contributed by atoms with E-state index < -0.39 is 0 Å². The molecule has 1 aliphatic rings. The SMILES string of the molecule is Nc1cccc(-c2ccc(C(CC(c3ccccc3)c3ccccc3)C3CCCCN3)cc2)n1. The predicted molar refractivity (Wildman–Crippen MR) is 142 cm³/mol. The Hall–Kier alpha value is -3.43. The summed E-state index contributed by atoms with van der Waals surface area (Å²) in [6, 6.07) is 37.3. The number of rotatable bonds is 7. The summed E-state index contributed by atoms with van der Waals surface area (Å²) in [4.78, 5) is 4.50. The minimum atomic E-state index is 0.353. The third-order valence-electron chi connectivity index (χ3n) is 7.13. The van der Waals surface area contributed by atoms with Crippen LogP contribution in [-0.2, 0) is 0 Å². The van der Waals surface area contributed by atoms with Crippen LogP contribution in [0.3, 0.4) is 0 Å². The molecule has 0 bridgehead atoms. The van der Waals surface area contributed by atoms with Crippen molar-refractivity contribution in [2.75, 3.05) is 12.3 Å². The van der Waals surface area contributed by atoms with Crippen LogP contribution in [0.15, 0.2) is 103 Å². The van der Waals surface area contributed by atoms with Crippen LogP contribution >= 0.6 is 0 Å². The Morgan fingerprint density at radius 2 is 1.41 bits per heavy atom. The van der Waals surface area contributed by atoms with Gasteiger partial charge in [0.15, 0.2) is 0 Å². The van der Waals surface area contributed by atoms with Gasteiger partial charge in [0.2, 0.25) is 0 Å². The van der Waals surface area contributed by atoms with Gasteiger partial charge in [0.05, 0.1) is 5.69 Å². The van der Waals surface area contributed by atoms with Crippen molar-refractivity contribution >= 4 is 5.82 Å². The molecule has 3 nitrogen and oxygen atoms in total. The van der Waals surface area contributed by atoms with Gasteiger partial charge >= 0.3 is 0 Å². The van der Waals surface area contributed by atoms with Crippen LogP contribution in [0.2, 0.25) is 0 Å². The van der Waals surface area contributed by atoms with Crippen molar-refractivity contribution < 1.29 is 0 Å². The fraction of sp³-hybridized carbons (Fsp3) is 0.258. The summed E-state index contributed by atoms with van der Waals surface area (Å²) in [6.45, 7) is 1.10. The molecule has 2 heterocycles. The van der Waals surface area contributed by atoms with Gasteiger partial charge in [-0.25, -0.2) is 4.98 Å². The molecule has 5 rings (SSSR count). The number of nitrogens with zero attached hydrogens (tertiary/aromatic N) is 1. The summed E-state index contributed by atoms with van der Waals surface area (Å²) in [5.74, 6) is 1.33. The highest BCUT2D eigenvalue weighted by Crippen LogP contribution is 2.39. The van der Waals surface area contributed by atoms with Crippen LogP contribution in [0.4, 0.5) is 5.82 Å².